The van der Waals surface area contributed by atoms with Gasteiger partial charge in [0.05, 0.1) is 13.2 Å². The van der Waals surface area contributed by atoms with Crippen LogP contribution < -0.4 is 5.32 Å². The molecule has 1 aromatic carbocycles. The molecule has 0 bridgehead atoms. The molecule has 3 rings (SSSR count). The van der Waals surface area contributed by atoms with Crippen molar-refractivity contribution < 1.29 is 14.6 Å². The van der Waals surface area contributed by atoms with E-state index in [1.165, 1.54) is 5.56 Å². The van der Waals surface area contributed by atoms with Gasteiger partial charge >= 0.3 is 0 Å². The highest BCUT2D eigenvalue weighted by Crippen LogP contribution is 2.29. The molecule has 5 nitrogen and oxygen atoms in total. The van der Waals surface area contributed by atoms with Gasteiger partial charge in [0.2, 0.25) is 0 Å². The van der Waals surface area contributed by atoms with Gasteiger partial charge in [-0.25, -0.2) is 0 Å². The lowest BCUT2D eigenvalue weighted by Crippen LogP contribution is -2.44. The van der Waals surface area contributed by atoms with Crippen LogP contribution in [0.3, 0.4) is 0 Å². The molecule has 1 amide bonds. The molecule has 1 aliphatic carbocycles. The minimum Gasteiger partial charge on any atom is -0.380 e. The molecule has 1 heterocycles. The van der Waals surface area contributed by atoms with Crippen LogP contribution in [-0.2, 0) is 22.6 Å². The zero-order chi connectivity index (χ0) is 16.1. The number of ether oxygens (including phenoxy) is 1. The van der Waals surface area contributed by atoms with E-state index in [1.807, 2.05) is 0 Å². The van der Waals surface area contributed by atoms with E-state index in [4.69, 9.17) is 4.74 Å². The summed E-state index contributed by atoms with van der Waals surface area (Å²) in [6.45, 7) is 5.00. The first-order valence-corrected chi connectivity index (χ1v) is 8.54. The van der Waals surface area contributed by atoms with Crippen LogP contribution in [0.2, 0.25) is 0 Å². The zero-order valence-electron chi connectivity index (χ0n) is 13.6. The van der Waals surface area contributed by atoms with Crippen molar-refractivity contribution in [1.82, 2.24) is 10.2 Å². The first kappa shape index (κ1) is 16.4. The van der Waals surface area contributed by atoms with Crippen LogP contribution in [0, 0.1) is 0 Å². The summed E-state index contributed by atoms with van der Waals surface area (Å²) in [4.78, 5) is 14.5. The predicted molar refractivity (Wildman–Crippen MR) is 87.8 cm³/mol. The molecule has 0 spiro atoms. The minimum atomic E-state index is -1.14. The van der Waals surface area contributed by atoms with Gasteiger partial charge in [0.15, 0.2) is 0 Å². The summed E-state index contributed by atoms with van der Waals surface area (Å²) in [5, 5.41) is 13.1. The minimum absolute atomic E-state index is 0.229. The lowest BCUT2D eigenvalue weighted by molar-refractivity contribution is -0.139. The maximum Gasteiger partial charge on any atom is 0.252 e. The van der Waals surface area contributed by atoms with E-state index in [2.05, 4.69) is 34.5 Å². The summed E-state index contributed by atoms with van der Waals surface area (Å²) in [5.41, 5.74) is 1.19. The summed E-state index contributed by atoms with van der Waals surface area (Å²) in [5.74, 6) is -0.229. The molecule has 0 atom stereocenters. The highest BCUT2D eigenvalue weighted by atomic mass is 16.5. The number of nitrogens with one attached hydrogen (secondary N) is 1. The number of aliphatic hydroxyl groups is 1. The van der Waals surface area contributed by atoms with Gasteiger partial charge in [0.1, 0.15) is 5.60 Å². The Balaban J connectivity index is 1.48. The third-order valence-corrected chi connectivity index (χ3v) is 4.84. The maximum absolute atomic E-state index is 12.1. The average molecular weight is 318 g/mol. The van der Waals surface area contributed by atoms with E-state index in [-0.39, 0.29) is 5.91 Å². The average Bonchev–Trinajstić information content (AvgIpc) is 3.03. The molecular weight excluding hydrogens is 292 g/mol. The van der Waals surface area contributed by atoms with Crippen LogP contribution >= 0.6 is 0 Å². The molecule has 1 aromatic rings. The van der Waals surface area contributed by atoms with Crippen molar-refractivity contribution in [3.05, 3.63) is 35.4 Å². The quantitative estimate of drug-likeness (QED) is 0.862. The number of hydrogen-bond acceptors (Lipinski definition) is 4. The summed E-state index contributed by atoms with van der Waals surface area (Å²) in [7, 11) is 0. The summed E-state index contributed by atoms with van der Waals surface area (Å²) < 4.78 is 5.36. The fourth-order valence-electron chi connectivity index (χ4n) is 3.31. The SMILES string of the molecule is O=C(NCc1ccc(CN2CCOCC2)cc1)C1(O)CCCC1. The van der Waals surface area contributed by atoms with Crippen LogP contribution in [-0.4, -0.2) is 47.8 Å². The van der Waals surface area contributed by atoms with E-state index in [9.17, 15) is 9.90 Å². The van der Waals surface area contributed by atoms with Crippen molar-refractivity contribution >= 4 is 5.91 Å². The number of hydrogen-bond donors (Lipinski definition) is 2. The second-order valence-electron chi connectivity index (χ2n) is 6.63. The first-order valence-electron chi connectivity index (χ1n) is 8.54. The third kappa shape index (κ3) is 4.31. The molecule has 126 valence electrons. The van der Waals surface area contributed by atoms with Gasteiger partial charge < -0.3 is 15.2 Å². The van der Waals surface area contributed by atoms with E-state index < -0.39 is 5.60 Å². The molecule has 1 saturated heterocycles. The maximum atomic E-state index is 12.1. The molecule has 0 radical (unpaired) electrons. The fourth-order valence-corrected chi connectivity index (χ4v) is 3.31. The Hall–Kier alpha value is -1.43. The van der Waals surface area contributed by atoms with Crippen molar-refractivity contribution in [2.45, 2.75) is 44.4 Å². The molecule has 1 saturated carbocycles. The molecule has 23 heavy (non-hydrogen) atoms. The van der Waals surface area contributed by atoms with Crippen molar-refractivity contribution in [3.63, 3.8) is 0 Å². The van der Waals surface area contributed by atoms with Gasteiger partial charge in [-0.1, -0.05) is 24.3 Å². The number of morpholine rings is 1. The topological polar surface area (TPSA) is 61.8 Å². The monoisotopic (exact) mass is 318 g/mol. The molecule has 2 aliphatic rings. The Kier molecular flexibility index (Phi) is 5.30. The molecule has 0 unspecified atom stereocenters. The van der Waals surface area contributed by atoms with Crippen molar-refractivity contribution in [1.29, 1.82) is 0 Å². The Morgan fingerprint density at radius 1 is 1.13 bits per heavy atom. The van der Waals surface area contributed by atoms with Gasteiger partial charge in [-0.3, -0.25) is 9.69 Å². The second-order valence-corrected chi connectivity index (χ2v) is 6.63. The number of rotatable bonds is 5. The standard InChI is InChI=1S/C18H26N2O3/c21-17(18(22)7-1-2-8-18)19-13-15-3-5-16(6-4-15)14-20-9-11-23-12-10-20/h3-6,22H,1-2,7-14H2,(H,19,21). The first-order chi connectivity index (χ1) is 11.2. The molecular formula is C18H26N2O3. The smallest absolute Gasteiger partial charge is 0.252 e. The molecule has 2 fully saturated rings. The van der Waals surface area contributed by atoms with E-state index in [1.54, 1.807) is 0 Å². The normalized spacial score (nSPS) is 21.3. The highest BCUT2D eigenvalue weighted by Gasteiger charge is 2.38. The zero-order valence-corrected chi connectivity index (χ0v) is 13.6. The van der Waals surface area contributed by atoms with Crippen molar-refractivity contribution in [2.75, 3.05) is 26.3 Å². The molecule has 5 heteroatoms. The number of nitrogens with zero attached hydrogens (tertiary/aromatic N) is 1. The lowest BCUT2D eigenvalue weighted by atomic mass is 10.0. The van der Waals surface area contributed by atoms with Crippen LogP contribution in [0.1, 0.15) is 36.8 Å². The summed E-state index contributed by atoms with van der Waals surface area (Å²) >= 11 is 0. The van der Waals surface area contributed by atoms with Crippen molar-refractivity contribution in [2.24, 2.45) is 0 Å². The van der Waals surface area contributed by atoms with Gasteiger partial charge in [0, 0.05) is 26.2 Å². The number of carbonyl (C=O) groups is 1. The second kappa shape index (κ2) is 7.43. The lowest BCUT2D eigenvalue weighted by Gasteiger charge is -2.26. The summed E-state index contributed by atoms with van der Waals surface area (Å²) in [6.07, 6.45) is 3.02. The number of benzene rings is 1. The Morgan fingerprint density at radius 2 is 1.74 bits per heavy atom. The van der Waals surface area contributed by atoms with Gasteiger partial charge in [-0.15, -0.1) is 0 Å². The van der Waals surface area contributed by atoms with Crippen molar-refractivity contribution in [3.8, 4) is 0 Å². The molecule has 2 N–H and O–H groups in total. The fraction of sp³-hybridized carbons (Fsp3) is 0.611. The molecule has 0 aromatic heterocycles. The van der Waals surface area contributed by atoms with Gasteiger partial charge in [0.25, 0.3) is 5.91 Å². The van der Waals surface area contributed by atoms with Crippen LogP contribution in [0.4, 0.5) is 0 Å². The highest BCUT2D eigenvalue weighted by molar-refractivity contribution is 5.85. The number of carbonyl (C=O) groups excluding carboxylic acids is 1. The van der Waals surface area contributed by atoms with Crippen LogP contribution in [0.15, 0.2) is 24.3 Å². The van der Waals surface area contributed by atoms with E-state index in [0.29, 0.717) is 19.4 Å². The Bertz CT molecular complexity index is 518. The van der Waals surface area contributed by atoms with Crippen LogP contribution in [0.5, 0.6) is 0 Å². The number of amides is 1. The summed E-state index contributed by atoms with van der Waals surface area (Å²) in [6, 6.07) is 8.33. The van der Waals surface area contributed by atoms with E-state index in [0.717, 1.165) is 51.3 Å². The largest absolute Gasteiger partial charge is 0.380 e. The Morgan fingerprint density at radius 3 is 2.39 bits per heavy atom. The van der Waals surface area contributed by atoms with Gasteiger partial charge in [-0.2, -0.15) is 0 Å². The third-order valence-electron chi connectivity index (χ3n) is 4.84. The predicted octanol–water partition coefficient (Wildman–Crippen LogP) is 1.44. The van der Waals surface area contributed by atoms with Crippen LogP contribution in [0.25, 0.3) is 0 Å². The van der Waals surface area contributed by atoms with E-state index >= 15 is 0 Å². The Labute approximate surface area is 137 Å². The molecule has 1 aliphatic heterocycles. The van der Waals surface area contributed by atoms with Gasteiger partial charge in [-0.05, 0) is 36.8 Å².